The summed E-state index contributed by atoms with van der Waals surface area (Å²) in [5, 5.41) is 13.4. The smallest absolute Gasteiger partial charge is 0.151 e. The van der Waals surface area contributed by atoms with E-state index in [4.69, 9.17) is 4.52 Å². The molecule has 1 aromatic heterocycles. The number of aromatic nitrogens is 1. The molecule has 4 nitrogen and oxygen atoms in total. The third-order valence-corrected chi connectivity index (χ3v) is 4.22. The second-order valence-corrected chi connectivity index (χ2v) is 5.68. The summed E-state index contributed by atoms with van der Waals surface area (Å²) in [6.45, 7) is 1.62. The molecule has 1 aromatic carbocycles. The monoisotopic (exact) mass is 286 g/mol. The van der Waals surface area contributed by atoms with Gasteiger partial charge < -0.3 is 9.63 Å². The van der Waals surface area contributed by atoms with E-state index in [-0.39, 0.29) is 6.61 Å². The maximum atomic E-state index is 9.27. The summed E-state index contributed by atoms with van der Waals surface area (Å²) in [5.74, 6) is 0.870. The van der Waals surface area contributed by atoms with E-state index >= 15 is 0 Å². The molecular formula is C17H22N2O2. The Labute approximate surface area is 125 Å². The average Bonchev–Trinajstić information content (AvgIpc) is 3.19. The Bertz CT molecular complexity index is 547. The molecule has 1 heterocycles. The highest BCUT2D eigenvalue weighted by Crippen LogP contribution is 2.26. The zero-order valence-corrected chi connectivity index (χ0v) is 12.2. The van der Waals surface area contributed by atoms with Crippen molar-refractivity contribution in [1.29, 1.82) is 0 Å². The molecule has 112 valence electrons. The van der Waals surface area contributed by atoms with Crippen molar-refractivity contribution in [1.82, 2.24) is 10.1 Å². The number of hydrogen-bond acceptors (Lipinski definition) is 4. The van der Waals surface area contributed by atoms with Crippen LogP contribution in [0.1, 0.15) is 31.4 Å². The van der Waals surface area contributed by atoms with E-state index in [9.17, 15) is 5.11 Å². The number of hydrogen-bond donors (Lipinski definition) is 1. The molecule has 0 amide bonds. The standard InChI is InChI=1S/C17H22N2O2/c20-11-10-19(15-8-4-5-9-15)13-16-12-17(18-21-16)14-6-2-1-3-7-14/h1-3,6-7,12,15,20H,4-5,8-11,13H2. The van der Waals surface area contributed by atoms with Gasteiger partial charge in [0.05, 0.1) is 13.2 Å². The van der Waals surface area contributed by atoms with Gasteiger partial charge in [0.25, 0.3) is 0 Å². The second kappa shape index (κ2) is 6.87. The first kappa shape index (κ1) is 14.3. The third-order valence-electron chi connectivity index (χ3n) is 4.22. The van der Waals surface area contributed by atoms with Crippen molar-refractivity contribution < 1.29 is 9.63 Å². The number of aliphatic hydroxyl groups excluding tert-OH is 1. The van der Waals surface area contributed by atoms with Crippen molar-refractivity contribution in [2.75, 3.05) is 13.2 Å². The Morgan fingerprint density at radius 1 is 1.19 bits per heavy atom. The molecule has 0 bridgehead atoms. The number of nitrogens with zero attached hydrogens (tertiary/aromatic N) is 2. The Balaban J connectivity index is 1.70. The molecule has 1 aliphatic carbocycles. The van der Waals surface area contributed by atoms with Gasteiger partial charge in [0.15, 0.2) is 5.76 Å². The Kier molecular flexibility index (Phi) is 4.68. The van der Waals surface area contributed by atoms with Crippen LogP contribution in [0, 0.1) is 0 Å². The molecule has 1 aliphatic rings. The summed E-state index contributed by atoms with van der Waals surface area (Å²) in [6, 6.07) is 12.6. The van der Waals surface area contributed by atoms with Crippen LogP contribution in [0.4, 0.5) is 0 Å². The lowest BCUT2D eigenvalue weighted by atomic mass is 10.1. The maximum Gasteiger partial charge on any atom is 0.151 e. The first-order valence-electron chi connectivity index (χ1n) is 7.73. The summed E-state index contributed by atoms with van der Waals surface area (Å²) < 4.78 is 5.48. The molecule has 1 fully saturated rings. The SMILES string of the molecule is OCCN(Cc1cc(-c2ccccc2)no1)C1CCCC1. The minimum atomic E-state index is 0.191. The van der Waals surface area contributed by atoms with Crippen molar-refractivity contribution >= 4 is 0 Å². The van der Waals surface area contributed by atoms with Crippen LogP contribution in [0.5, 0.6) is 0 Å². The molecular weight excluding hydrogens is 264 g/mol. The highest BCUT2D eigenvalue weighted by atomic mass is 16.5. The van der Waals surface area contributed by atoms with Gasteiger partial charge in [0.1, 0.15) is 5.69 Å². The van der Waals surface area contributed by atoms with Crippen molar-refractivity contribution in [3.05, 3.63) is 42.2 Å². The minimum Gasteiger partial charge on any atom is -0.395 e. The van der Waals surface area contributed by atoms with E-state index in [1.807, 2.05) is 36.4 Å². The van der Waals surface area contributed by atoms with E-state index in [0.717, 1.165) is 23.6 Å². The van der Waals surface area contributed by atoms with Gasteiger partial charge in [-0.25, -0.2) is 0 Å². The fourth-order valence-electron chi connectivity index (χ4n) is 3.12. The molecule has 0 saturated heterocycles. The van der Waals surface area contributed by atoms with Crippen molar-refractivity contribution in [2.24, 2.45) is 0 Å². The van der Waals surface area contributed by atoms with E-state index in [1.54, 1.807) is 0 Å². The summed E-state index contributed by atoms with van der Waals surface area (Å²) in [7, 11) is 0. The number of rotatable bonds is 6. The van der Waals surface area contributed by atoms with Gasteiger partial charge in [0.2, 0.25) is 0 Å². The molecule has 0 spiro atoms. The molecule has 1 N–H and O–H groups in total. The fourth-order valence-corrected chi connectivity index (χ4v) is 3.12. The Hall–Kier alpha value is -1.65. The van der Waals surface area contributed by atoms with Crippen LogP contribution in [-0.4, -0.2) is 34.4 Å². The predicted octanol–water partition coefficient (Wildman–Crippen LogP) is 3.08. The Morgan fingerprint density at radius 3 is 2.67 bits per heavy atom. The fraction of sp³-hybridized carbons (Fsp3) is 0.471. The van der Waals surface area contributed by atoms with Crippen LogP contribution >= 0.6 is 0 Å². The van der Waals surface area contributed by atoms with E-state index in [1.165, 1.54) is 25.7 Å². The third kappa shape index (κ3) is 3.52. The lowest BCUT2D eigenvalue weighted by Gasteiger charge is -2.26. The van der Waals surface area contributed by atoms with Crippen LogP contribution in [0.25, 0.3) is 11.3 Å². The lowest BCUT2D eigenvalue weighted by molar-refractivity contribution is 0.132. The average molecular weight is 286 g/mol. The van der Waals surface area contributed by atoms with Gasteiger partial charge >= 0.3 is 0 Å². The van der Waals surface area contributed by atoms with E-state index in [2.05, 4.69) is 10.1 Å². The molecule has 1 saturated carbocycles. The molecule has 0 radical (unpaired) electrons. The molecule has 4 heteroatoms. The van der Waals surface area contributed by atoms with Crippen LogP contribution < -0.4 is 0 Å². The van der Waals surface area contributed by atoms with Gasteiger partial charge in [0, 0.05) is 24.2 Å². The molecule has 21 heavy (non-hydrogen) atoms. The summed E-state index contributed by atoms with van der Waals surface area (Å²) >= 11 is 0. The molecule has 3 rings (SSSR count). The van der Waals surface area contributed by atoms with Gasteiger partial charge in [-0.2, -0.15) is 0 Å². The van der Waals surface area contributed by atoms with Crippen LogP contribution in [0.3, 0.4) is 0 Å². The van der Waals surface area contributed by atoms with Gasteiger partial charge in [-0.05, 0) is 12.8 Å². The highest BCUT2D eigenvalue weighted by Gasteiger charge is 2.23. The zero-order chi connectivity index (χ0) is 14.5. The molecule has 0 unspecified atom stereocenters. The van der Waals surface area contributed by atoms with Gasteiger partial charge in [-0.15, -0.1) is 0 Å². The van der Waals surface area contributed by atoms with E-state index in [0.29, 0.717) is 12.6 Å². The van der Waals surface area contributed by atoms with Crippen LogP contribution in [0.2, 0.25) is 0 Å². The minimum absolute atomic E-state index is 0.191. The Morgan fingerprint density at radius 2 is 1.95 bits per heavy atom. The molecule has 2 aromatic rings. The summed E-state index contributed by atoms with van der Waals surface area (Å²) in [5.41, 5.74) is 1.95. The summed E-state index contributed by atoms with van der Waals surface area (Å²) in [6.07, 6.45) is 5.02. The van der Waals surface area contributed by atoms with Crippen molar-refractivity contribution in [3.63, 3.8) is 0 Å². The number of benzene rings is 1. The molecule has 0 aliphatic heterocycles. The largest absolute Gasteiger partial charge is 0.395 e. The first-order valence-corrected chi connectivity index (χ1v) is 7.73. The van der Waals surface area contributed by atoms with Gasteiger partial charge in [-0.1, -0.05) is 48.3 Å². The normalized spacial score (nSPS) is 15.9. The van der Waals surface area contributed by atoms with Gasteiger partial charge in [-0.3, -0.25) is 4.90 Å². The topological polar surface area (TPSA) is 49.5 Å². The quantitative estimate of drug-likeness (QED) is 0.886. The van der Waals surface area contributed by atoms with Crippen LogP contribution in [0.15, 0.2) is 40.9 Å². The molecule has 0 atom stereocenters. The number of aliphatic hydroxyl groups is 1. The highest BCUT2D eigenvalue weighted by molar-refractivity contribution is 5.58. The van der Waals surface area contributed by atoms with Crippen molar-refractivity contribution in [2.45, 2.75) is 38.3 Å². The summed E-state index contributed by atoms with van der Waals surface area (Å²) in [4.78, 5) is 2.32. The van der Waals surface area contributed by atoms with Crippen LogP contribution in [-0.2, 0) is 6.54 Å². The maximum absolute atomic E-state index is 9.27. The van der Waals surface area contributed by atoms with E-state index < -0.39 is 0 Å². The first-order chi connectivity index (χ1) is 10.4. The second-order valence-electron chi connectivity index (χ2n) is 5.68. The zero-order valence-electron chi connectivity index (χ0n) is 12.2. The lowest BCUT2D eigenvalue weighted by Crippen LogP contribution is -2.34. The predicted molar refractivity (Wildman–Crippen MR) is 81.7 cm³/mol. The van der Waals surface area contributed by atoms with Crippen molar-refractivity contribution in [3.8, 4) is 11.3 Å².